The van der Waals surface area contributed by atoms with Gasteiger partial charge in [-0.3, -0.25) is 4.90 Å². The standard InChI is InChI=1S/C16H33NO2Si/c1-16(2,20(3,4)19)11-13-9-10-17(12-13)14-7-5-6-8-15(14)18/h13-15,18-19H,5-12H2,1-4H3/t13-,14?,15-/m0/s1. The van der Waals surface area contributed by atoms with Gasteiger partial charge >= 0.3 is 0 Å². The van der Waals surface area contributed by atoms with Crippen LogP contribution in [0.2, 0.25) is 18.1 Å². The minimum absolute atomic E-state index is 0.0822. The predicted octanol–water partition coefficient (Wildman–Crippen LogP) is 2.98. The van der Waals surface area contributed by atoms with E-state index in [0.717, 1.165) is 32.4 Å². The van der Waals surface area contributed by atoms with Crippen molar-refractivity contribution in [3.05, 3.63) is 0 Å². The summed E-state index contributed by atoms with van der Waals surface area (Å²) in [5.41, 5.74) is 0. The van der Waals surface area contributed by atoms with Gasteiger partial charge in [0.2, 0.25) is 0 Å². The van der Waals surface area contributed by atoms with Gasteiger partial charge in [-0.15, -0.1) is 0 Å². The van der Waals surface area contributed by atoms with Crippen molar-refractivity contribution in [1.29, 1.82) is 0 Å². The zero-order valence-electron chi connectivity index (χ0n) is 13.7. The van der Waals surface area contributed by atoms with Crippen molar-refractivity contribution in [3.8, 4) is 0 Å². The third-order valence-electron chi connectivity index (χ3n) is 5.94. The van der Waals surface area contributed by atoms with Crippen LogP contribution in [0.3, 0.4) is 0 Å². The highest BCUT2D eigenvalue weighted by molar-refractivity contribution is 6.72. The molecule has 0 aromatic heterocycles. The van der Waals surface area contributed by atoms with Crippen LogP contribution in [-0.2, 0) is 0 Å². The molecule has 1 unspecified atom stereocenters. The van der Waals surface area contributed by atoms with E-state index in [-0.39, 0.29) is 11.1 Å². The Labute approximate surface area is 125 Å². The summed E-state index contributed by atoms with van der Waals surface area (Å²) in [6.07, 6.45) is 6.85. The molecular weight excluding hydrogens is 266 g/mol. The van der Waals surface area contributed by atoms with E-state index in [1.165, 1.54) is 19.3 Å². The monoisotopic (exact) mass is 299 g/mol. The molecule has 1 saturated carbocycles. The fraction of sp³-hybridized carbons (Fsp3) is 1.00. The molecule has 0 radical (unpaired) electrons. The number of hydrogen-bond acceptors (Lipinski definition) is 3. The summed E-state index contributed by atoms with van der Waals surface area (Å²) < 4.78 is 0. The molecule has 1 aliphatic carbocycles. The Hall–Kier alpha value is 0.0969. The summed E-state index contributed by atoms with van der Waals surface area (Å²) in [7, 11) is -2.10. The van der Waals surface area contributed by atoms with Crippen molar-refractivity contribution in [2.45, 2.75) is 82.7 Å². The van der Waals surface area contributed by atoms with Crippen molar-refractivity contribution >= 4 is 8.32 Å². The van der Waals surface area contributed by atoms with Gasteiger partial charge < -0.3 is 9.90 Å². The Morgan fingerprint density at radius 3 is 2.40 bits per heavy atom. The Balaban J connectivity index is 1.89. The van der Waals surface area contributed by atoms with E-state index in [2.05, 4.69) is 31.8 Å². The fourth-order valence-corrected chi connectivity index (χ4v) is 4.61. The maximum absolute atomic E-state index is 10.4. The molecule has 0 spiro atoms. The molecule has 0 aromatic carbocycles. The van der Waals surface area contributed by atoms with Crippen molar-refractivity contribution in [2.24, 2.45) is 5.92 Å². The first kappa shape index (κ1) is 16.5. The molecule has 3 atom stereocenters. The van der Waals surface area contributed by atoms with Crippen LogP contribution in [0, 0.1) is 5.92 Å². The third-order valence-corrected chi connectivity index (χ3v) is 9.45. The fourth-order valence-electron chi connectivity index (χ4n) is 3.82. The molecule has 20 heavy (non-hydrogen) atoms. The van der Waals surface area contributed by atoms with Gasteiger partial charge in [0.05, 0.1) is 6.10 Å². The molecule has 0 aromatic rings. The number of aliphatic hydroxyl groups is 1. The van der Waals surface area contributed by atoms with Crippen LogP contribution < -0.4 is 0 Å². The van der Waals surface area contributed by atoms with Crippen LogP contribution in [0.25, 0.3) is 0 Å². The van der Waals surface area contributed by atoms with Crippen molar-refractivity contribution in [2.75, 3.05) is 13.1 Å². The number of hydrogen-bond donors (Lipinski definition) is 2. The van der Waals surface area contributed by atoms with Crippen LogP contribution in [0.4, 0.5) is 0 Å². The highest BCUT2D eigenvalue weighted by Crippen LogP contribution is 2.44. The molecule has 0 amide bonds. The van der Waals surface area contributed by atoms with E-state index in [1.54, 1.807) is 0 Å². The quantitative estimate of drug-likeness (QED) is 0.784. The molecule has 0 bridgehead atoms. The van der Waals surface area contributed by atoms with Crippen LogP contribution in [0.15, 0.2) is 0 Å². The Morgan fingerprint density at radius 2 is 1.80 bits per heavy atom. The van der Waals surface area contributed by atoms with Gasteiger partial charge in [-0.2, -0.15) is 0 Å². The summed E-state index contributed by atoms with van der Waals surface area (Å²) >= 11 is 0. The largest absolute Gasteiger partial charge is 0.432 e. The number of likely N-dealkylation sites (tertiary alicyclic amines) is 1. The highest BCUT2D eigenvalue weighted by atomic mass is 28.4. The van der Waals surface area contributed by atoms with Crippen molar-refractivity contribution < 1.29 is 9.90 Å². The summed E-state index contributed by atoms with van der Waals surface area (Å²) in [6, 6.07) is 0.399. The zero-order valence-corrected chi connectivity index (χ0v) is 14.7. The van der Waals surface area contributed by atoms with E-state index in [9.17, 15) is 9.90 Å². The molecule has 4 heteroatoms. The lowest BCUT2D eigenvalue weighted by atomic mass is 9.91. The molecule has 2 N–H and O–H groups in total. The summed E-state index contributed by atoms with van der Waals surface area (Å²) in [5.74, 6) is 0.693. The number of rotatable bonds is 4. The third kappa shape index (κ3) is 3.64. The SMILES string of the molecule is CC(C)(C[C@@H]1CCN(C2CCCC[C@@H]2O)C1)[Si](C)(C)O. The van der Waals surface area contributed by atoms with Crippen LogP contribution in [0.1, 0.15) is 52.4 Å². The van der Waals surface area contributed by atoms with Crippen molar-refractivity contribution in [1.82, 2.24) is 4.90 Å². The number of aliphatic hydroxyl groups excluding tert-OH is 1. The molecule has 2 aliphatic rings. The van der Waals surface area contributed by atoms with Crippen LogP contribution in [0.5, 0.6) is 0 Å². The van der Waals surface area contributed by atoms with Crippen LogP contribution in [-0.4, -0.2) is 48.4 Å². The minimum Gasteiger partial charge on any atom is -0.432 e. The van der Waals surface area contributed by atoms with Gasteiger partial charge in [0, 0.05) is 12.6 Å². The van der Waals surface area contributed by atoms with Crippen LogP contribution >= 0.6 is 0 Å². The minimum atomic E-state index is -2.10. The Morgan fingerprint density at radius 1 is 1.15 bits per heavy atom. The molecule has 1 aliphatic heterocycles. The molecule has 3 nitrogen and oxygen atoms in total. The second-order valence-corrected chi connectivity index (χ2v) is 12.7. The first-order valence-corrected chi connectivity index (χ1v) is 11.3. The van der Waals surface area contributed by atoms with E-state index >= 15 is 0 Å². The number of nitrogens with zero attached hydrogens (tertiary/aromatic N) is 1. The van der Waals surface area contributed by atoms with E-state index in [4.69, 9.17) is 0 Å². The van der Waals surface area contributed by atoms with Gasteiger partial charge in [-0.1, -0.05) is 26.7 Å². The zero-order chi connectivity index (χ0) is 15.0. The predicted molar refractivity (Wildman–Crippen MR) is 86.3 cm³/mol. The lowest BCUT2D eigenvalue weighted by Gasteiger charge is -2.38. The van der Waals surface area contributed by atoms with Gasteiger partial charge in [0.1, 0.15) is 0 Å². The smallest absolute Gasteiger partial charge is 0.188 e. The van der Waals surface area contributed by atoms with Gasteiger partial charge in [0.25, 0.3) is 0 Å². The second kappa shape index (κ2) is 6.07. The molecule has 118 valence electrons. The summed E-state index contributed by atoms with van der Waals surface area (Å²) in [4.78, 5) is 13.0. The van der Waals surface area contributed by atoms with Gasteiger partial charge in [-0.25, -0.2) is 0 Å². The Bertz CT molecular complexity index is 327. The van der Waals surface area contributed by atoms with E-state index < -0.39 is 8.32 Å². The first-order chi connectivity index (χ1) is 9.21. The molecule has 2 fully saturated rings. The maximum Gasteiger partial charge on any atom is 0.188 e. The first-order valence-electron chi connectivity index (χ1n) is 8.35. The normalized spacial score (nSPS) is 33.6. The average Bonchev–Trinajstić information content (AvgIpc) is 2.75. The second-order valence-electron chi connectivity index (χ2n) is 8.22. The molecular formula is C16H33NO2Si. The van der Waals surface area contributed by atoms with Crippen molar-refractivity contribution in [3.63, 3.8) is 0 Å². The lowest BCUT2D eigenvalue weighted by Crippen LogP contribution is -2.44. The van der Waals surface area contributed by atoms with E-state index in [0.29, 0.717) is 12.0 Å². The summed E-state index contributed by atoms with van der Waals surface area (Å²) in [5, 5.41) is 10.3. The molecule has 1 heterocycles. The Kier molecular flexibility index (Phi) is 5.00. The highest BCUT2D eigenvalue weighted by Gasteiger charge is 2.42. The van der Waals surface area contributed by atoms with E-state index in [1.807, 2.05) is 0 Å². The molecule has 2 rings (SSSR count). The van der Waals surface area contributed by atoms with Gasteiger partial charge in [0.15, 0.2) is 8.32 Å². The maximum atomic E-state index is 10.4. The summed E-state index contributed by atoms with van der Waals surface area (Å²) in [6.45, 7) is 10.8. The van der Waals surface area contributed by atoms with Gasteiger partial charge in [-0.05, 0) is 56.3 Å². The lowest BCUT2D eigenvalue weighted by molar-refractivity contribution is 0.0291. The topological polar surface area (TPSA) is 43.7 Å². The molecule has 1 saturated heterocycles. The average molecular weight is 300 g/mol.